The van der Waals surface area contributed by atoms with Crippen LogP contribution in [0.25, 0.3) is 17.7 Å². The minimum absolute atomic E-state index is 0.173. The number of aromatic nitrogens is 2. The number of nitrogens with zero attached hydrogens (tertiary/aromatic N) is 2. The second-order valence-corrected chi connectivity index (χ2v) is 7.21. The summed E-state index contributed by atoms with van der Waals surface area (Å²) in [7, 11) is 0. The van der Waals surface area contributed by atoms with E-state index in [1.165, 1.54) is 33.6 Å². The lowest BCUT2D eigenvalue weighted by atomic mass is 9.80. The summed E-state index contributed by atoms with van der Waals surface area (Å²) in [5.74, 6) is 0. The van der Waals surface area contributed by atoms with E-state index >= 15 is 0 Å². The standard InChI is InChI=1S/C19H22N2/c1-19(2,3)15-12-18-14-9-4-6-10-16(14)20-21(18)17-11-7-5-8-13(15)17/h4,7,9,11-12H,5-6,8,10H2,1-3H3. The summed E-state index contributed by atoms with van der Waals surface area (Å²) in [6.07, 6.45) is 13.5. The maximum absolute atomic E-state index is 4.90. The van der Waals surface area contributed by atoms with E-state index in [4.69, 9.17) is 5.10 Å². The fourth-order valence-electron chi connectivity index (χ4n) is 3.62. The van der Waals surface area contributed by atoms with E-state index in [2.05, 4.69) is 55.7 Å². The van der Waals surface area contributed by atoms with Gasteiger partial charge in [-0.3, -0.25) is 0 Å². The smallest absolute Gasteiger partial charge is 0.0747 e. The van der Waals surface area contributed by atoms with Gasteiger partial charge in [0.25, 0.3) is 0 Å². The molecule has 0 saturated heterocycles. The lowest BCUT2D eigenvalue weighted by Gasteiger charge is -2.26. The van der Waals surface area contributed by atoms with Crippen LogP contribution in [0.3, 0.4) is 0 Å². The van der Waals surface area contributed by atoms with Crippen molar-refractivity contribution in [2.75, 3.05) is 0 Å². The second-order valence-electron chi connectivity index (χ2n) is 7.21. The average Bonchev–Trinajstić information content (AvgIpc) is 2.84. The molecule has 2 heteroatoms. The predicted molar refractivity (Wildman–Crippen MR) is 88.6 cm³/mol. The van der Waals surface area contributed by atoms with Crippen molar-refractivity contribution in [2.45, 2.75) is 51.9 Å². The molecule has 0 unspecified atom stereocenters. The summed E-state index contributed by atoms with van der Waals surface area (Å²) >= 11 is 0. The van der Waals surface area contributed by atoms with Crippen LogP contribution in [0, 0.1) is 0 Å². The summed E-state index contributed by atoms with van der Waals surface area (Å²) in [6, 6.07) is 2.39. The quantitative estimate of drug-likeness (QED) is 0.691. The van der Waals surface area contributed by atoms with Crippen LogP contribution in [0.15, 0.2) is 18.2 Å². The van der Waals surface area contributed by atoms with Crippen molar-refractivity contribution in [2.24, 2.45) is 0 Å². The van der Waals surface area contributed by atoms with Crippen molar-refractivity contribution < 1.29 is 0 Å². The first-order valence-corrected chi connectivity index (χ1v) is 7.97. The lowest BCUT2D eigenvalue weighted by molar-refractivity contribution is 0.579. The zero-order chi connectivity index (χ0) is 14.6. The Labute approximate surface area is 126 Å². The highest BCUT2D eigenvalue weighted by Crippen LogP contribution is 2.35. The van der Waals surface area contributed by atoms with Crippen molar-refractivity contribution in [1.82, 2.24) is 9.61 Å². The molecule has 2 aliphatic carbocycles. The van der Waals surface area contributed by atoms with E-state index in [-0.39, 0.29) is 5.41 Å². The molecule has 4 rings (SSSR count). The molecule has 2 aliphatic rings. The Hall–Kier alpha value is -1.83. The number of allylic oxidation sites excluding steroid dienone is 2. The van der Waals surface area contributed by atoms with Gasteiger partial charge < -0.3 is 0 Å². The fourth-order valence-corrected chi connectivity index (χ4v) is 3.62. The molecule has 108 valence electrons. The Bertz CT molecular complexity index is 782. The third-order valence-corrected chi connectivity index (χ3v) is 4.66. The van der Waals surface area contributed by atoms with E-state index in [0.717, 1.165) is 25.7 Å². The van der Waals surface area contributed by atoms with Crippen LogP contribution in [-0.4, -0.2) is 9.61 Å². The van der Waals surface area contributed by atoms with Crippen LogP contribution in [-0.2, 0) is 18.3 Å². The maximum atomic E-state index is 4.90. The topological polar surface area (TPSA) is 17.3 Å². The van der Waals surface area contributed by atoms with Gasteiger partial charge in [-0.05, 0) is 54.4 Å². The van der Waals surface area contributed by atoms with E-state index in [1.807, 2.05) is 0 Å². The van der Waals surface area contributed by atoms with Gasteiger partial charge >= 0.3 is 0 Å². The molecule has 2 aromatic rings. The Kier molecular flexibility index (Phi) is 2.66. The SMILES string of the molecule is CC(C)(C)c1cc2c3c(nn2c2c1CCC=C2)CCC=C3. The van der Waals surface area contributed by atoms with Crippen molar-refractivity contribution in [3.63, 3.8) is 0 Å². The Morgan fingerprint density at radius 1 is 1.05 bits per heavy atom. The number of aryl methyl sites for hydroxylation is 1. The van der Waals surface area contributed by atoms with Crippen LogP contribution in [0.1, 0.15) is 61.7 Å². The predicted octanol–water partition coefficient (Wildman–Crippen LogP) is 4.55. The van der Waals surface area contributed by atoms with Crippen LogP contribution < -0.4 is 0 Å². The molecule has 0 N–H and O–H groups in total. The molecule has 0 spiro atoms. The largest absolute Gasteiger partial charge is 0.233 e. The van der Waals surface area contributed by atoms with Gasteiger partial charge in [-0.15, -0.1) is 0 Å². The van der Waals surface area contributed by atoms with Gasteiger partial charge in [0.15, 0.2) is 0 Å². The number of pyridine rings is 1. The number of rotatable bonds is 0. The highest BCUT2D eigenvalue weighted by molar-refractivity contribution is 5.76. The molecular weight excluding hydrogens is 256 g/mol. The third kappa shape index (κ3) is 1.89. The number of hydrogen-bond donors (Lipinski definition) is 0. The van der Waals surface area contributed by atoms with Crippen molar-refractivity contribution in [3.05, 3.63) is 46.3 Å². The summed E-state index contributed by atoms with van der Waals surface area (Å²) in [4.78, 5) is 0. The normalized spacial score (nSPS) is 17.1. The van der Waals surface area contributed by atoms with Gasteiger partial charge in [-0.2, -0.15) is 5.10 Å². The van der Waals surface area contributed by atoms with Gasteiger partial charge in [0.05, 0.1) is 16.9 Å². The molecule has 0 bridgehead atoms. The van der Waals surface area contributed by atoms with E-state index in [0.29, 0.717) is 0 Å². The first-order chi connectivity index (χ1) is 10.1. The first kappa shape index (κ1) is 12.9. The van der Waals surface area contributed by atoms with Gasteiger partial charge in [-0.1, -0.05) is 39.0 Å². The highest BCUT2D eigenvalue weighted by Gasteiger charge is 2.25. The number of hydrogen-bond acceptors (Lipinski definition) is 1. The molecule has 21 heavy (non-hydrogen) atoms. The summed E-state index contributed by atoms with van der Waals surface area (Å²) < 4.78 is 2.18. The molecule has 0 aromatic carbocycles. The molecule has 0 amide bonds. The van der Waals surface area contributed by atoms with Gasteiger partial charge in [-0.25, -0.2) is 4.52 Å². The molecule has 0 aliphatic heterocycles. The average molecular weight is 278 g/mol. The van der Waals surface area contributed by atoms with Crippen LogP contribution >= 0.6 is 0 Å². The monoisotopic (exact) mass is 278 g/mol. The summed E-state index contributed by atoms with van der Waals surface area (Å²) in [5.41, 5.74) is 8.30. The molecule has 0 saturated carbocycles. The zero-order valence-corrected chi connectivity index (χ0v) is 13.1. The van der Waals surface area contributed by atoms with Gasteiger partial charge in [0.1, 0.15) is 0 Å². The van der Waals surface area contributed by atoms with Gasteiger partial charge in [0, 0.05) is 5.56 Å². The Balaban J connectivity index is 2.12. The first-order valence-electron chi connectivity index (χ1n) is 7.97. The highest BCUT2D eigenvalue weighted by atomic mass is 15.2. The van der Waals surface area contributed by atoms with E-state index < -0.39 is 0 Å². The van der Waals surface area contributed by atoms with Crippen LogP contribution in [0.4, 0.5) is 0 Å². The summed E-state index contributed by atoms with van der Waals surface area (Å²) in [6.45, 7) is 6.95. The van der Waals surface area contributed by atoms with Crippen molar-refractivity contribution in [3.8, 4) is 0 Å². The number of fused-ring (bicyclic) bond motifs is 5. The molecule has 2 heterocycles. The van der Waals surface area contributed by atoms with Crippen molar-refractivity contribution >= 4 is 17.7 Å². The summed E-state index contributed by atoms with van der Waals surface area (Å²) in [5, 5.41) is 4.90. The van der Waals surface area contributed by atoms with Crippen LogP contribution in [0.2, 0.25) is 0 Å². The Morgan fingerprint density at radius 2 is 1.81 bits per heavy atom. The minimum atomic E-state index is 0.173. The molecule has 0 atom stereocenters. The Morgan fingerprint density at radius 3 is 2.62 bits per heavy atom. The van der Waals surface area contributed by atoms with E-state index in [9.17, 15) is 0 Å². The lowest BCUT2D eigenvalue weighted by Crippen LogP contribution is -2.18. The third-order valence-electron chi connectivity index (χ3n) is 4.66. The molecule has 2 aromatic heterocycles. The maximum Gasteiger partial charge on any atom is 0.0747 e. The zero-order valence-electron chi connectivity index (χ0n) is 13.1. The van der Waals surface area contributed by atoms with Gasteiger partial charge in [0.2, 0.25) is 0 Å². The molecule has 2 nitrogen and oxygen atoms in total. The minimum Gasteiger partial charge on any atom is -0.233 e. The molecule has 0 fully saturated rings. The fraction of sp³-hybridized carbons (Fsp3) is 0.421. The van der Waals surface area contributed by atoms with Crippen LogP contribution in [0.5, 0.6) is 0 Å². The molecule has 0 radical (unpaired) electrons. The van der Waals surface area contributed by atoms with E-state index in [1.54, 1.807) is 0 Å². The van der Waals surface area contributed by atoms with Crippen molar-refractivity contribution in [1.29, 1.82) is 0 Å². The second kappa shape index (κ2) is 4.33. The molecular formula is C19H22N2.